The number of para-hydroxylation sites is 1. The third kappa shape index (κ3) is 2.16. The molecule has 0 amide bonds. The highest BCUT2D eigenvalue weighted by Gasteiger charge is 2.15. The molecule has 2 aromatic heterocycles. The van der Waals surface area contributed by atoms with Crippen LogP contribution < -0.4 is 5.56 Å². The molecule has 0 aliphatic heterocycles. The van der Waals surface area contributed by atoms with Crippen LogP contribution in [0.25, 0.3) is 28.1 Å². The number of rotatable bonds is 2. The van der Waals surface area contributed by atoms with Crippen molar-refractivity contribution in [2.45, 2.75) is 6.92 Å². The Kier molecular flexibility index (Phi) is 3.16. The van der Waals surface area contributed by atoms with Crippen molar-refractivity contribution in [3.63, 3.8) is 0 Å². The van der Waals surface area contributed by atoms with E-state index in [-0.39, 0.29) is 5.95 Å². The van der Waals surface area contributed by atoms with Gasteiger partial charge in [-0.3, -0.25) is 4.79 Å². The van der Waals surface area contributed by atoms with Crippen LogP contribution in [0.1, 0.15) is 5.69 Å². The average Bonchev–Trinajstić information content (AvgIpc) is 3.00. The lowest BCUT2D eigenvalue weighted by atomic mass is 10.1. The number of nitrogens with zero attached hydrogens (tertiary/aromatic N) is 4. The summed E-state index contributed by atoms with van der Waals surface area (Å²) >= 11 is 0. The SMILES string of the molecule is Cc1cc(-c2ccccc2)nn1-c1nc2ccccc2c(=O)n1O. The lowest BCUT2D eigenvalue weighted by Crippen LogP contribution is -2.25. The first kappa shape index (κ1) is 14.2. The van der Waals surface area contributed by atoms with Gasteiger partial charge in [-0.05, 0) is 25.1 Å². The van der Waals surface area contributed by atoms with Crippen molar-refractivity contribution in [2.75, 3.05) is 0 Å². The quantitative estimate of drug-likeness (QED) is 0.577. The van der Waals surface area contributed by atoms with Crippen LogP contribution in [0.5, 0.6) is 0 Å². The van der Waals surface area contributed by atoms with Gasteiger partial charge in [-0.15, -0.1) is 4.73 Å². The summed E-state index contributed by atoms with van der Waals surface area (Å²) in [6.45, 7) is 1.85. The first-order chi connectivity index (χ1) is 11.6. The molecule has 1 N–H and O–H groups in total. The molecule has 118 valence electrons. The Morgan fingerprint density at radius 1 is 1.00 bits per heavy atom. The zero-order valence-electron chi connectivity index (χ0n) is 12.9. The largest absolute Gasteiger partial charge is 0.422 e. The number of hydrogen-bond acceptors (Lipinski definition) is 4. The summed E-state index contributed by atoms with van der Waals surface area (Å²) in [4.78, 5) is 16.7. The normalized spacial score (nSPS) is 11.0. The van der Waals surface area contributed by atoms with Crippen LogP contribution in [-0.2, 0) is 0 Å². The van der Waals surface area contributed by atoms with Crippen LogP contribution in [0.3, 0.4) is 0 Å². The molecule has 0 unspecified atom stereocenters. The van der Waals surface area contributed by atoms with Crippen LogP contribution in [-0.4, -0.2) is 24.7 Å². The Labute approximate surface area is 137 Å². The van der Waals surface area contributed by atoms with Gasteiger partial charge in [0.25, 0.3) is 11.5 Å². The van der Waals surface area contributed by atoms with Crippen molar-refractivity contribution < 1.29 is 5.21 Å². The van der Waals surface area contributed by atoms with E-state index in [1.807, 2.05) is 43.3 Å². The maximum Gasteiger partial charge on any atom is 0.295 e. The van der Waals surface area contributed by atoms with Gasteiger partial charge in [0, 0.05) is 11.3 Å². The van der Waals surface area contributed by atoms with E-state index in [0.717, 1.165) is 17.0 Å². The molecule has 0 aliphatic rings. The third-order valence-corrected chi connectivity index (χ3v) is 3.88. The number of hydrogen-bond donors (Lipinski definition) is 1. The molecule has 6 nitrogen and oxygen atoms in total. The van der Waals surface area contributed by atoms with Crippen LogP contribution in [0.15, 0.2) is 65.5 Å². The van der Waals surface area contributed by atoms with E-state index in [1.165, 1.54) is 4.68 Å². The summed E-state index contributed by atoms with van der Waals surface area (Å²) in [7, 11) is 0. The maximum atomic E-state index is 12.3. The minimum atomic E-state index is -0.522. The Morgan fingerprint density at radius 3 is 2.50 bits per heavy atom. The topological polar surface area (TPSA) is 72.9 Å². The minimum Gasteiger partial charge on any atom is -0.422 e. The monoisotopic (exact) mass is 318 g/mol. The zero-order chi connectivity index (χ0) is 16.7. The fourth-order valence-corrected chi connectivity index (χ4v) is 2.68. The van der Waals surface area contributed by atoms with E-state index in [0.29, 0.717) is 15.6 Å². The van der Waals surface area contributed by atoms with E-state index in [2.05, 4.69) is 10.1 Å². The number of fused-ring (bicyclic) bond motifs is 1. The molecule has 2 heterocycles. The highest BCUT2D eigenvalue weighted by atomic mass is 16.5. The van der Waals surface area contributed by atoms with Crippen LogP contribution in [0, 0.1) is 6.92 Å². The molecule has 0 fully saturated rings. The molecule has 2 aromatic carbocycles. The summed E-state index contributed by atoms with van der Waals surface area (Å²) in [5, 5.41) is 15.1. The van der Waals surface area contributed by atoms with E-state index in [4.69, 9.17) is 0 Å². The average molecular weight is 318 g/mol. The van der Waals surface area contributed by atoms with Gasteiger partial charge in [0.2, 0.25) is 0 Å². The Bertz CT molecular complexity index is 1100. The molecule has 6 heteroatoms. The van der Waals surface area contributed by atoms with Gasteiger partial charge in [-0.25, -0.2) is 9.67 Å². The Balaban J connectivity index is 1.94. The van der Waals surface area contributed by atoms with Crippen molar-refractivity contribution in [1.29, 1.82) is 0 Å². The van der Waals surface area contributed by atoms with Gasteiger partial charge < -0.3 is 5.21 Å². The fourth-order valence-electron chi connectivity index (χ4n) is 2.68. The summed E-state index contributed by atoms with van der Waals surface area (Å²) in [5.41, 5.74) is 2.45. The van der Waals surface area contributed by atoms with Crippen molar-refractivity contribution in [2.24, 2.45) is 0 Å². The molecule has 0 spiro atoms. The van der Waals surface area contributed by atoms with Crippen molar-refractivity contribution in [3.05, 3.63) is 76.7 Å². The van der Waals surface area contributed by atoms with Crippen molar-refractivity contribution in [3.8, 4) is 17.2 Å². The van der Waals surface area contributed by atoms with Gasteiger partial charge in [0.1, 0.15) is 0 Å². The first-order valence-corrected chi connectivity index (χ1v) is 7.48. The van der Waals surface area contributed by atoms with E-state index in [1.54, 1.807) is 24.3 Å². The van der Waals surface area contributed by atoms with Crippen molar-refractivity contribution >= 4 is 10.9 Å². The van der Waals surface area contributed by atoms with Gasteiger partial charge in [-0.1, -0.05) is 42.5 Å². The van der Waals surface area contributed by atoms with Crippen LogP contribution in [0.2, 0.25) is 0 Å². The van der Waals surface area contributed by atoms with Gasteiger partial charge in [-0.2, -0.15) is 5.10 Å². The highest BCUT2D eigenvalue weighted by Crippen LogP contribution is 2.20. The van der Waals surface area contributed by atoms with E-state index < -0.39 is 5.56 Å². The van der Waals surface area contributed by atoms with Gasteiger partial charge in [0.05, 0.1) is 16.6 Å². The zero-order valence-corrected chi connectivity index (χ0v) is 12.9. The molecule has 0 bridgehead atoms. The highest BCUT2D eigenvalue weighted by molar-refractivity contribution is 5.77. The maximum absolute atomic E-state index is 12.3. The lowest BCUT2D eigenvalue weighted by Gasteiger charge is -2.08. The van der Waals surface area contributed by atoms with Gasteiger partial charge in [0.15, 0.2) is 0 Å². The number of aryl methyl sites for hydroxylation is 1. The Morgan fingerprint density at radius 2 is 1.71 bits per heavy atom. The molecule has 4 rings (SSSR count). The predicted octanol–water partition coefficient (Wildman–Crippen LogP) is 2.79. The fraction of sp³-hybridized carbons (Fsp3) is 0.0556. The third-order valence-electron chi connectivity index (χ3n) is 3.88. The summed E-state index contributed by atoms with van der Waals surface area (Å²) in [6.07, 6.45) is 0. The molecule has 4 aromatic rings. The standard InChI is InChI=1S/C18H14N4O2/c1-12-11-16(13-7-3-2-4-8-13)20-21(12)18-19-15-10-6-5-9-14(15)17(23)22(18)24/h2-11,24H,1H3. The van der Waals surface area contributed by atoms with E-state index in [9.17, 15) is 10.0 Å². The summed E-state index contributed by atoms with van der Waals surface area (Å²) in [6, 6.07) is 18.5. The second-order valence-corrected chi connectivity index (χ2v) is 5.49. The molecule has 0 saturated heterocycles. The summed E-state index contributed by atoms with van der Waals surface area (Å²) in [5.74, 6) is 0.0679. The smallest absolute Gasteiger partial charge is 0.295 e. The first-order valence-electron chi connectivity index (χ1n) is 7.48. The lowest BCUT2D eigenvalue weighted by molar-refractivity contribution is 0.169. The second-order valence-electron chi connectivity index (χ2n) is 5.49. The summed E-state index contributed by atoms with van der Waals surface area (Å²) < 4.78 is 2.01. The molecule has 24 heavy (non-hydrogen) atoms. The molecule has 0 radical (unpaired) electrons. The van der Waals surface area contributed by atoms with Gasteiger partial charge >= 0.3 is 0 Å². The predicted molar refractivity (Wildman–Crippen MR) is 90.5 cm³/mol. The van der Waals surface area contributed by atoms with Crippen LogP contribution >= 0.6 is 0 Å². The van der Waals surface area contributed by atoms with E-state index >= 15 is 0 Å². The van der Waals surface area contributed by atoms with Crippen LogP contribution in [0.4, 0.5) is 0 Å². The Hall–Kier alpha value is -3.41. The molecule has 0 aliphatic carbocycles. The molecule has 0 saturated carbocycles. The second kappa shape index (κ2) is 5.34. The molecular formula is C18H14N4O2. The molecular weight excluding hydrogens is 304 g/mol. The minimum absolute atomic E-state index is 0.0679. The number of aromatic nitrogens is 4. The molecule has 0 atom stereocenters. The number of benzene rings is 2. The van der Waals surface area contributed by atoms with Crippen molar-refractivity contribution in [1.82, 2.24) is 19.5 Å².